The van der Waals surface area contributed by atoms with Crippen molar-refractivity contribution < 1.29 is 14.0 Å². The highest BCUT2D eigenvalue weighted by atomic mass is 32.2. The molecule has 2 amide bonds. The number of imide groups is 1. The van der Waals surface area contributed by atoms with Gasteiger partial charge >= 0.3 is 0 Å². The third-order valence-electron chi connectivity index (χ3n) is 4.52. The topological polar surface area (TPSA) is 76.3 Å². The second-order valence-electron chi connectivity index (χ2n) is 6.20. The maximum absolute atomic E-state index is 12.6. The summed E-state index contributed by atoms with van der Waals surface area (Å²) in [5.74, 6) is 0.641. The fraction of sp³-hybridized carbons (Fsp3) is 0.0476. The van der Waals surface area contributed by atoms with E-state index in [0.717, 1.165) is 10.9 Å². The summed E-state index contributed by atoms with van der Waals surface area (Å²) < 4.78 is 5.42. The highest BCUT2D eigenvalue weighted by molar-refractivity contribution is 7.99. The molecule has 4 aromatic rings. The standard InChI is InChI=1S/C21H13N3O3S/c25-20-13-6-1-2-7-14(13)21(26)24(20)12-28-19-15-8-3-4-9-16(15)22-18(23-19)17-10-5-11-27-17/h1-11H,12H2. The quantitative estimate of drug-likeness (QED) is 0.296. The molecule has 136 valence electrons. The first-order chi connectivity index (χ1) is 13.7. The summed E-state index contributed by atoms with van der Waals surface area (Å²) in [4.78, 5) is 35.6. The number of carbonyl (C=O) groups is 2. The van der Waals surface area contributed by atoms with Crippen LogP contribution in [0, 0.1) is 0 Å². The van der Waals surface area contributed by atoms with Crippen LogP contribution >= 0.6 is 11.8 Å². The Hall–Kier alpha value is -3.45. The van der Waals surface area contributed by atoms with Gasteiger partial charge in [-0.2, -0.15) is 0 Å². The van der Waals surface area contributed by atoms with Crippen molar-refractivity contribution in [3.63, 3.8) is 0 Å². The highest BCUT2D eigenvalue weighted by Gasteiger charge is 2.35. The van der Waals surface area contributed by atoms with Crippen LogP contribution in [0.5, 0.6) is 0 Å². The molecule has 0 bridgehead atoms. The lowest BCUT2D eigenvalue weighted by Crippen LogP contribution is -2.29. The van der Waals surface area contributed by atoms with E-state index in [-0.39, 0.29) is 17.7 Å². The van der Waals surface area contributed by atoms with Gasteiger partial charge in [0.15, 0.2) is 11.6 Å². The Kier molecular flexibility index (Phi) is 3.95. The Morgan fingerprint density at radius 1 is 0.857 bits per heavy atom. The zero-order chi connectivity index (χ0) is 19.1. The molecule has 0 saturated heterocycles. The van der Waals surface area contributed by atoms with E-state index in [9.17, 15) is 9.59 Å². The van der Waals surface area contributed by atoms with Gasteiger partial charge in [0, 0.05) is 5.39 Å². The van der Waals surface area contributed by atoms with Crippen LogP contribution in [0.2, 0.25) is 0 Å². The number of fused-ring (bicyclic) bond motifs is 2. The SMILES string of the molecule is O=C1c2ccccc2C(=O)N1CSc1nc(-c2ccco2)nc2ccccc12. The van der Waals surface area contributed by atoms with E-state index in [1.165, 1.54) is 16.7 Å². The van der Waals surface area contributed by atoms with Crippen LogP contribution in [0.1, 0.15) is 20.7 Å². The lowest BCUT2D eigenvalue weighted by atomic mass is 10.1. The van der Waals surface area contributed by atoms with E-state index < -0.39 is 0 Å². The average Bonchev–Trinajstić information content (AvgIpc) is 3.35. The van der Waals surface area contributed by atoms with Gasteiger partial charge in [-0.3, -0.25) is 14.5 Å². The minimum atomic E-state index is -0.280. The monoisotopic (exact) mass is 387 g/mol. The minimum absolute atomic E-state index is 0.172. The summed E-state index contributed by atoms with van der Waals surface area (Å²) in [7, 11) is 0. The number of nitrogens with zero attached hydrogens (tertiary/aromatic N) is 3. The number of hydrogen-bond acceptors (Lipinski definition) is 6. The number of amides is 2. The second kappa shape index (κ2) is 6.61. The van der Waals surface area contributed by atoms with Crippen molar-refractivity contribution in [2.24, 2.45) is 0 Å². The molecule has 0 radical (unpaired) electrons. The number of aromatic nitrogens is 2. The lowest BCUT2D eigenvalue weighted by molar-refractivity contribution is 0.0684. The largest absolute Gasteiger partial charge is 0.461 e. The Balaban J connectivity index is 1.49. The zero-order valence-electron chi connectivity index (χ0n) is 14.5. The van der Waals surface area contributed by atoms with Gasteiger partial charge in [0.1, 0.15) is 5.03 Å². The van der Waals surface area contributed by atoms with E-state index in [1.807, 2.05) is 24.3 Å². The van der Waals surface area contributed by atoms with Crippen LogP contribution < -0.4 is 0 Å². The molecular weight excluding hydrogens is 374 g/mol. The molecule has 2 aromatic heterocycles. The first-order valence-corrected chi connectivity index (χ1v) is 9.59. The number of benzene rings is 2. The number of furan rings is 1. The molecule has 0 atom stereocenters. The molecule has 0 spiro atoms. The average molecular weight is 387 g/mol. The van der Waals surface area contributed by atoms with E-state index >= 15 is 0 Å². The molecule has 28 heavy (non-hydrogen) atoms. The number of hydrogen-bond donors (Lipinski definition) is 0. The van der Waals surface area contributed by atoms with Crippen LogP contribution in [0.4, 0.5) is 0 Å². The van der Waals surface area contributed by atoms with E-state index in [2.05, 4.69) is 9.97 Å². The van der Waals surface area contributed by atoms with Crippen molar-refractivity contribution in [1.82, 2.24) is 14.9 Å². The predicted octanol–water partition coefficient (Wildman–Crippen LogP) is 4.24. The molecule has 6 nitrogen and oxygen atoms in total. The molecule has 0 saturated carbocycles. The summed E-state index contributed by atoms with van der Waals surface area (Å²) in [5, 5.41) is 1.55. The van der Waals surface area contributed by atoms with Crippen LogP contribution in [-0.2, 0) is 0 Å². The molecule has 7 heteroatoms. The third kappa shape index (κ3) is 2.68. The Labute approximate surface area is 164 Å². The smallest absolute Gasteiger partial charge is 0.262 e. The molecule has 0 fully saturated rings. The first-order valence-electron chi connectivity index (χ1n) is 8.61. The van der Waals surface area contributed by atoms with E-state index in [1.54, 1.807) is 42.7 Å². The third-order valence-corrected chi connectivity index (χ3v) is 5.49. The number of thioether (sulfide) groups is 1. The van der Waals surface area contributed by atoms with Crippen LogP contribution in [0.15, 0.2) is 76.4 Å². The Morgan fingerprint density at radius 3 is 2.29 bits per heavy atom. The molecule has 1 aliphatic heterocycles. The summed E-state index contributed by atoms with van der Waals surface area (Å²) >= 11 is 1.33. The maximum Gasteiger partial charge on any atom is 0.262 e. The predicted molar refractivity (Wildman–Crippen MR) is 105 cm³/mol. The van der Waals surface area contributed by atoms with Crippen molar-refractivity contribution in [2.75, 3.05) is 5.88 Å². The van der Waals surface area contributed by atoms with Crippen molar-refractivity contribution in [2.45, 2.75) is 5.03 Å². The van der Waals surface area contributed by atoms with Crippen molar-refractivity contribution >= 4 is 34.5 Å². The van der Waals surface area contributed by atoms with E-state index in [4.69, 9.17) is 4.42 Å². The number of para-hydroxylation sites is 1. The first kappa shape index (κ1) is 16.7. The second-order valence-corrected chi connectivity index (χ2v) is 7.14. The van der Waals surface area contributed by atoms with Gasteiger partial charge in [-0.05, 0) is 30.3 Å². The van der Waals surface area contributed by atoms with Gasteiger partial charge in [0.2, 0.25) is 0 Å². The molecule has 2 aromatic carbocycles. The molecule has 5 rings (SSSR count). The van der Waals surface area contributed by atoms with Crippen molar-refractivity contribution in [1.29, 1.82) is 0 Å². The van der Waals surface area contributed by atoms with Gasteiger partial charge in [0.05, 0.1) is 28.8 Å². The summed E-state index contributed by atoms with van der Waals surface area (Å²) in [6.45, 7) is 0. The normalized spacial score (nSPS) is 13.4. The van der Waals surface area contributed by atoms with Crippen molar-refractivity contribution in [3.8, 4) is 11.6 Å². The minimum Gasteiger partial charge on any atom is -0.461 e. The fourth-order valence-corrected chi connectivity index (χ4v) is 4.12. The molecular formula is C21H13N3O3S. The number of carbonyl (C=O) groups excluding carboxylic acids is 2. The zero-order valence-corrected chi connectivity index (χ0v) is 15.3. The van der Waals surface area contributed by atoms with Crippen LogP contribution in [0.25, 0.3) is 22.5 Å². The molecule has 1 aliphatic rings. The molecule has 3 heterocycles. The molecule has 0 unspecified atom stereocenters. The van der Waals surface area contributed by atoms with E-state index in [0.29, 0.717) is 27.7 Å². The van der Waals surface area contributed by atoms with Gasteiger partial charge in [-0.15, -0.1) is 0 Å². The Morgan fingerprint density at radius 2 is 1.57 bits per heavy atom. The Bertz CT molecular complexity index is 1190. The summed E-state index contributed by atoms with van der Waals surface area (Å²) in [5.41, 5.74) is 1.66. The van der Waals surface area contributed by atoms with Crippen molar-refractivity contribution in [3.05, 3.63) is 78.1 Å². The van der Waals surface area contributed by atoms with Gasteiger partial charge in [-0.1, -0.05) is 42.1 Å². The molecule has 0 N–H and O–H groups in total. The lowest BCUT2D eigenvalue weighted by Gasteiger charge is -2.14. The van der Waals surface area contributed by atoms with Gasteiger partial charge in [-0.25, -0.2) is 9.97 Å². The van der Waals surface area contributed by atoms with Gasteiger partial charge < -0.3 is 4.42 Å². The van der Waals surface area contributed by atoms with Gasteiger partial charge in [0.25, 0.3) is 11.8 Å². The maximum atomic E-state index is 12.6. The summed E-state index contributed by atoms with van der Waals surface area (Å²) in [6, 6.07) is 18.1. The van der Waals surface area contributed by atoms with Crippen LogP contribution in [-0.4, -0.2) is 32.6 Å². The fourth-order valence-electron chi connectivity index (χ4n) is 3.16. The highest BCUT2D eigenvalue weighted by Crippen LogP contribution is 2.31. The molecule has 0 aliphatic carbocycles. The summed E-state index contributed by atoms with van der Waals surface area (Å²) in [6.07, 6.45) is 1.57. The number of rotatable bonds is 4. The van der Waals surface area contributed by atoms with Crippen LogP contribution in [0.3, 0.4) is 0 Å².